The number of hydrogen-bond donors (Lipinski definition) is 1. The summed E-state index contributed by atoms with van der Waals surface area (Å²) in [4.78, 5) is 49.9. The molecule has 1 N–H and O–H groups in total. The Morgan fingerprint density at radius 2 is 1.85 bits per heavy atom. The van der Waals surface area contributed by atoms with Gasteiger partial charge in [0, 0.05) is 25.3 Å². The molecule has 2 aliphatic heterocycles. The fourth-order valence-corrected chi connectivity index (χ4v) is 9.89. The average Bonchev–Trinajstić information content (AvgIpc) is 3.94. The number of nitrogens with zero attached hydrogens (tertiary/aromatic N) is 3. The number of aryl methyl sites for hydroxylation is 1. The van der Waals surface area contributed by atoms with Gasteiger partial charge >= 0.3 is 0 Å². The van der Waals surface area contributed by atoms with E-state index in [9.17, 15) is 27.2 Å². The molecule has 0 radical (unpaired) electrons. The van der Waals surface area contributed by atoms with Crippen LogP contribution in [0.1, 0.15) is 103 Å². The van der Waals surface area contributed by atoms with Crippen molar-refractivity contribution in [1.29, 1.82) is 0 Å². The van der Waals surface area contributed by atoms with E-state index in [2.05, 4.69) is 25.5 Å². The number of allylic oxidation sites excluding steroid dienone is 2. The normalized spacial score (nSPS) is 27.8. The van der Waals surface area contributed by atoms with E-state index in [4.69, 9.17) is 9.72 Å². The third-order valence-corrected chi connectivity index (χ3v) is 14.2. The number of nitrogens with one attached hydrogen (secondary N) is 1. The van der Waals surface area contributed by atoms with Gasteiger partial charge < -0.3 is 9.64 Å². The molecule has 0 unspecified atom stereocenters. The molecule has 0 spiro atoms. The van der Waals surface area contributed by atoms with Gasteiger partial charge in [-0.25, -0.2) is 12.8 Å². The Morgan fingerprint density at radius 3 is 2.58 bits per heavy atom. The first kappa shape index (κ1) is 39.2. The highest BCUT2D eigenvalue weighted by Gasteiger charge is 2.62. The molecular formula is C43H55FN4O6S. The SMILES string of the molecule is Cc1cc(F)cc(C[C@H]2CCCCC/C=C\[C@@H]3C[C@@]3(C(=O)NS(=O)(=O)C3(C)CC3)CC(=O)[C@@H]3C[C@@H](Oc4nc5ccccc5n4CC(C)(C)C)CN3C2=O)c1. The molecular weight excluding hydrogens is 720 g/mol. The minimum Gasteiger partial charge on any atom is -0.459 e. The zero-order valence-electron chi connectivity index (χ0n) is 32.8. The smallest absolute Gasteiger partial charge is 0.297 e. The number of carbonyl (C=O) groups excluding carboxylic acids is 3. The number of rotatable bonds is 8. The van der Waals surface area contributed by atoms with Gasteiger partial charge in [-0.05, 0) is 106 Å². The topological polar surface area (TPSA) is 128 Å². The summed E-state index contributed by atoms with van der Waals surface area (Å²) in [6.45, 7) is 10.6. The molecule has 55 heavy (non-hydrogen) atoms. The van der Waals surface area contributed by atoms with Gasteiger partial charge in [0.2, 0.25) is 21.8 Å². The van der Waals surface area contributed by atoms with Crippen molar-refractivity contribution in [3.8, 4) is 6.01 Å². The van der Waals surface area contributed by atoms with Crippen molar-refractivity contribution < 1.29 is 31.9 Å². The minimum atomic E-state index is -3.93. The van der Waals surface area contributed by atoms with E-state index < -0.39 is 44.2 Å². The fourth-order valence-electron chi connectivity index (χ4n) is 8.55. The molecule has 3 heterocycles. The lowest BCUT2D eigenvalue weighted by atomic mass is 9.89. The first-order chi connectivity index (χ1) is 26.0. The van der Waals surface area contributed by atoms with Gasteiger partial charge in [0.25, 0.3) is 6.01 Å². The maximum atomic E-state index is 14.8. The second-order valence-corrected chi connectivity index (χ2v) is 20.3. The van der Waals surface area contributed by atoms with Crippen LogP contribution in [0.25, 0.3) is 11.0 Å². The van der Waals surface area contributed by atoms with Crippen LogP contribution in [0.4, 0.5) is 4.39 Å². The summed E-state index contributed by atoms with van der Waals surface area (Å²) in [5, 5.41) is 0. The number of aromatic nitrogens is 2. The number of ether oxygens (including phenoxy) is 1. The Hall–Kier alpha value is -4.06. The Labute approximate surface area is 324 Å². The zero-order chi connectivity index (χ0) is 39.3. The molecule has 1 saturated heterocycles. The van der Waals surface area contributed by atoms with Crippen LogP contribution in [0.5, 0.6) is 6.01 Å². The van der Waals surface area contributed by atoms with E-state index in [1.807, 2.05) is 54.0 Å². The largest absolute Gasteiger partial charge is 0.459 e. The Bertz CT molecular complexity index is 2100. The number of fused-ring (bicyclic) bond motifs is 3. The zero-order valence-corrected chi connectivity index (χ0v) is 33.6. The number of sulfonamides is 1. The van der Waals surface area contributed by atoms with Gasteiger partial charge in [-0.2, -0.15) is 4.98 Å². The van der Waals surface area contributed by atoms with E-state index in [0.29, 0.717) is 44.7 Å². The predicted molar refractivity (Wildman–Crippen MR) is 209 cm³/mol. The van der Waals surface area contributed by atoms with E-state index in [1.54, 1.807) is 11.8 Å². The van der Waals surface area contributed by atoms with Crippen molar-refractivity contribution in [3.63, 3.8) is 0 Å². The Balaban J connectivity index is 1.22. The molecule has 2 saturated carbocycles. The van der Waals surface area contributed by atoms with Gasteiger partial charge in [-0.3, -0.25) is 23.7 Å². The number of carbonyl (C=O) groups is 3. The van der Waals surface area contributed by atoms with E-state index in [0.717, 1.165) is 47.8 Å². The molecule has 12 heteroatoms. The van der Waals surface area contributed by atoms with Gasteiger partial charge in [-0.1, -0.05) is 64.0 Å². The molecule has 3 aromatic rings. The summed E-state index contributed by atoms with van der Waals surface area (Å²) >= 11 is 0. The number of Topliss-reactive ketones (excluding diaryl/α,β-unsaturated/α-hetero) is 1. The molecule has 296 valence electrons. The molecule has 2 aromatic carbocycles. The van der Waals surface area contributed by atoms with Crippen LogP contribution in [0.3, 0.4) is 0 Å². The van der Waals surface area contributed by atoms with E-state index in [-0.39, 0.29) is 48.2 Å². The van der Waals surface area contributed by atoms with Gasteiger partial charge in [0.15, 0.2) is 5.78 Å². The minimum absolute atomic E-state index is 0.0998. The number of para-hydroxylation sites is 2. The number of imidazole rings is 1. The summed E-state index contributed by atoms with van der Waals surface area (Å²) in [5.74, 6) is -2.28. The van der Waals surface area contributed by atoms with E-state index in [1.165, 1.54) is 12.1 Å². The molecule has 2 amide bonds. The molecule has 10 nitrogen and oxygen atoms in total. The third kappa shape index (κ3) is 8.39. The molecule has 7 rings (SSSR count). The lowest BCUT2D eigenvalue weighted by molar-refractivity contribution is -0.142. The quantitative estimate of drug-likeness (QED) is 0.240. The molecule has 4 aliphatic rings. The molecule has 2 aliphatic carbocycles. The third-order valence-electron chi connectivity index (χ3n) is 12.1. The van der Waals surface area contributed by atoms with Crippen molar-refractivity contribution >= 4 is 38.7 Å². The fraction of sp³-hybridized carbons (Fsp3) is 0.581. The monoisotopic (exact) mass is 774 g/mol. The summed E-state index contributed by atoms with van der Waals surface area (Å²) < 4.78 is 51.1. The second-order valence-electron chi connectivity index (χ2n) is 18.1. The Morgan fingerprint density at radius 1 is 1.09 bits per heavy atom. The molecule has 5 atom stereocenters. The highest BCUT2D eigenvalue weighted by atomic mass is 32.2. The first-order valence-electron chi connectivity index (χ1n) is 19.9. The maximum Gasteiger partial charge on any atom is 0.297 e. The summed E-state index contributed by atoms with van der Waals surface area (Å²) in [5.41, 5.74) is 1.88. The highest BCUT2D eigenvalue weighted by molar-refractivity contribution is 7.91. The summed E-state index contributed by atoms with van der Waals surface area (Å²) in [6.07, 6.45) is 8.96. The lowest BCUT2D eigenvalue weighted by Gasteiger charge is -2.29. The molecule has 0 bridgehead atoms. The molecule has 3 fully saturated rings. The van der Waals surface area contributed by atoms with E-state index >= 15 is 0 Å². The van der Waals surface area contributed by atoms with Crippen LogP contribution < -0.4 is 9.46 Å². The second kappa shape index (κ2) is 14.8. The van der Waals surface area contributed by atoms with Crippen molar-refractivity contribution in [2.45, 2.75) is 129 Å². The number of halogens is 1. The average molecular weight is 775 g/mol. The van der Waals surface area contributed by atoms with Gasteiger partial charge in [0.05, 0.1) is 33.8 Å². The van der Waals surface area contributed by atoms with Gasteiger partial charge in [-0.15, -0.1) is 0 Å². The lowest BCUT2D eigenvalue weighted by Crippen LogP contribution is -2.47. The number of benzene rings is 2. The number of ketones is 1. The van der Waals surface area contributed by atoms with Crippen LogP contribution >= 0.6 is 0 Å². The number of hydrogen-bond acceptors (Lipinski definition) is 7. The van der Waals surface area contributed by atoms with Crippen LogP contribution in [0, 0.1) is 35.4 Å². The maximum absolute atomic E-state index is 14.8. The van der Waals surface area contributed by atoms with Crippen molar-refractivity contribution in [1.82, 2.24) is 19.2 Å². The predicted octanol–water partition coefficient (Wildman–Crippen LogP) is 7.22. The van der Waals surface area contributed by atoms with Crippen LogP contribution in [0.15, 0.2) is 54.6 Å². The van der Waals surface area contributed by atoms with Crippen LogP contribution in [-0.2, 0) is 37.4 Å². The van der Waals surface area contributed by atoms with Crippen LogP contribution in [0.2, 0.25) is 0 Å². The molecule has 1 aromatic heterocycles. The Kier molecular flexibility index (Phi) is 10.5. The number of amides is 2. The van der Waals surface area contributed by atoms with Crippen LogP contribution in [-0.4, -0.2) is 63.9 Å². The van der Waals surface area contributed by atoms with Gasteiger partial charge in [0.1, 0.15) is 11.9 Å². The highest BCUT2D eigenvalue weighted by Crippen LogP contribution is 2.57. The van der Waals surface area contributed by atoms with Crippen molar-refractivity contribution in [2.24, 2.45) is 22.7 Å². The standard InChI is InChI=1S/C43H55FN4O6S/c1-28-19-29(22-32(44)20-28)21-30-13-9-7-6-8-10-14-31-24-43(31,39(51)46-55(52,53)42(5)17-18-42)25-37(49)36-23-33(26-47(36)38(30)50)54-40-45-34-15-11-12-16-35(34)48(40)27-41(2,3)4/h10-12,14-16,19-20,22,30-31,33,36H,6-9,13,17-18,21,23-27H2,1-5H3,(H,46,51)/b14-10-/t30-,31-,33-,36+,43-/m1/s1. The summed E-state index contributed by atoms with van der Waals surface area (Å²) in [7, 11) is -3.93. The first-order valence-corrected chi connectivity index (χ1v) is 21.4. The van der Waals surface area contributed by atoms with Crippen molar-refractivity contribution in [3.05, 3.63) is 71.6 Å². The summed E-state index contributed by atoms with van der Waals surface area (Å²) in [6, 6.07) is 12.2. The van der Waals surface area contributed by atoms with Crippen molar-refractivity contribution in [2.75, 3.05) is 6.54 Å².